The van der Waals surface area contributed by atoms with Crippen molar-refractivity contribution in [3.63, 3.8) is 0 Å². The lowest BCUT2D eigenvalue weighted by Crippen LogP contribution is -2.24. The van der Waals surface area contributed by atoms with Gasteiger partial charge in [-0.2, -0.15) is 0 Å². The molecule has 6 heteroatoms. The molecule has 2 rings (SSSR count). The third kappa shape index (κ3) is 3.32. The van der Waals surface area contributed by atoms with E-state index in [1.807, 2.05) is 30.3 Å². The summed E-state index contributed by atoms with van der Waals surface area (Å²) in [6, 6.07) is 9.43. The molecule has 0 radical (unpaired) electrons. The van der Waals surface area contributed by atoms with Crippen LogP contribution in [0.15, 0.2) is 42.2 Å². The van der Waals surface area contributed by atoms with E-state index >= 15 is 0 Å². The molecule has 1 aromatic heterocycles. The molecule has 2 aromatic rings. The Bertz CT molecular complexity index is 659. The van der Waals surface area contributed by atoms with Crippen LogP contribution in [0.2, 0.25) is 0 Å². The van der Waals surface area contributed by atoms with Gasteiger partial charge in [-0.05, 0) is 6.08 Å². The molecular weight excluding hydrogens is 258 g/mol. The number of aromatic amines is 1. The van der Waals surface area contributed by atoms with Gasteiger partial charge in [-0.25, -0.2) is 9.78 Å². The van der Waals surface area contributed by atoms with Gasteiger partial charge >= 0.3 is 5.97 Å². The molecule has 3 N–H and O–H groups in total. The Hall–Kier alpha value is -2.89. The topological polar surface area (TPSA) is 95.1 Å². The monoisotopic (exact) mass is 271 g/mol. The third-order valence-electron chi connectivity index (χ3n) is 2.48. The number of carboxylic acid groups (broad SMARTS) is 1. The van der Waals surface area contributed by atoms with Crippen LogP contribution in [0.5, 0.6) is 0 Å². The van der Waals surface area contributed by atoms with Gasteiger partial charge in [-0.1, -0.05) is 30.3 Å². The lowest BCUT2D eigenvalue weighted by atomic mass is 10.2. The normalized spacial score (nSPS) is 11.2. The van der Waals surface area contributed by atoms with Crippen molar-refractivity contribution in [1.82, 2.24) is 15.3 Å². The fourth-order valence-corrected chi connectivity index (χ4v) is 1.65. The molecular formula is C14H13N3O3. The highest BCUT2D eigenvalue weighted by Gasteiger charge is 2.10. The summed E-state index contributed by atoms with van der Waals surface area (Å²) in [7, 11) is 0. The Morgan fingerprint density at radius 3 is 2.60 bits per heavy atom. The molecule has 0 spiro atoms. The second-order valence-electron chi connectivity index (χ2n) is 4.10. The van der Waals surface area contributed by atoms with Crippen LogP contribution in [-0.2, 0) is 9.59 Å². The molecule has 0 fully saturated rings. The van der Waals surface area contributed by atoms with Gasteiger partial charge in [0.2, 0.25) is 5.91 Å². The van der Waals surface area contributed by atoms with Crippen LogP contribution in [0.3, 0.4) is 0 Å². The molecule has 0 bridgehead atoms. The van der Waals surface area contributed by atoms with Gasteiger partial charge in [0.15, 0.2) is 0 Å². The molecule has 1 heterocycles. The van der Waals surface area contributed by atoms with E-state index in [1.165, 1.54) is 19.2 Å². The minimum atomic E-state index is -1.21. The first kappa shape index (κ1) is 13.5. The maximum Gasteiger partial charge on any atom is 0.352 e. The summed E-state index contributed by atoms with van der Waals surface area (Å²) < 4.78 is 0. The zero-order valence-electron chi connectivity index (χ0n) is 10.8. The highest BCUT2D eigenvalue weighted by molar-refractivity contribution is 5.96. The minimum absolute atomic E-state index is 0.208. The Kier molecular flexibility index (Phi) is 3.95. The lowest BCUT2D eigenvalue weighted by Gasteiger charge is -2.01. The highest BCUT2D eigenvalue weighted by Crippen LogP contribution is 2.15. The van der Waals surface area contributed by atoms with Crippen molar-refractivity contribution in [1.29, 1.82) is 0 Å². The van der Waals surface area contributed by atoms with Crippen molar-refractivity contribution in [3.8, 4) is 11.4 Å². The number of hydrogen-bond acceptors (Lipinski definition) is 3. The Labute approximate surface area is 115 Å². The maximum absolute atomic E-state index is 11.0. The number of aliphatic carboxylic acids is 1. The summed E-state index contributed by atoms with van der Waals surface area (Å²) in [6.45, 7) is 1.25. The molecule has 0 atom stereocenters. The predicted octanol–water partition coefficient (Wildman–Crippen LogP) is 1.64. The number of nitrogens with one attached hydrogen (secondary N) is 2. The number of aromatic nitrogens is 2. The quantitative estimate of drug-likeness (QED) is 0.737. The summed E-state index contributed by atoms with van der Waals surface area (Å²) in [5.41, 5.74) is 1.18. The fraction of sp³-hybridized carbons (Fsp3) is 0.0714. The molecule has 1 amide bonds. The molecule has 0 unspecified atom stereocenters. The molecule has 102 valence electrons. The van der Waals surface area contributed by atoms with Crippen LogP contribution in [0.1, 0.15) is 12.6 Å². The first-order valence-electron chi connectivity index (χ1n) is 5.89. The van der Waals surface area contributed by atoms with Crippen LogP contribution in [0, 0.1) is 0 Å². The zero-order valence-corrected chi connectivity index (χ0v) is 10.8. The lowest BCUT2D eigenvalue weighted by molar-refractivity contribution is -0.134. The molecule has 0 saturated heterocycles. The van der Waals surface area contributed by atoms with E-state index in [1.54, 1.807) is 0 Å². The van der Waals surface area contributed by atoms with E-state index < -0.39 is 11.9 Å². The van der Waals surface area contributed by atoms with Gasteiger partial charge in [-0.3, -0.25) is 4.79 Å². The highest BCUT2D eigenvalue weighted by atomic mass is 16.4. The van der Waals surface area contributed by atoms with E-state index in [2.05, 4.69) is 15.3 Å². The van der Waals surface area contributed by atoms with E-state index in [0.717, 1.165) is 5.56 Å². The fourth-order valence-electron chi connectivity index (χ4n) is 1.65. The number of rotatable bonds is 4. The smallest absolute Gasteiger partial charge is 0.352 e. The van der Waals surface area contributed by atoms with Crippen LogP contribution in [0.4, 0.5) is 0 Å². The van der Waals surface area contributed by atoms with Crippen LogP contribution >= 0.6 is 0 Å². The SMILES string of the molecule is CC(=O)NC(=Cc1cnc(-c2ccccc2)[nH]1)C(=O)O. The van der Waals surface area contributed by atoms with Crippen molar-refractivity contribution >= 4 is 18.0 Å². The molecule has 0 aliphatic heterocycles. The number of carboxylic acids is 1. The summed E-state index contributed by atoms with van der Waals surface area (Å²) in [6.07, 6.45) is 2.83. The Balaban J connectivity index is 2.28. The number of hydrogen-bond donors (Lipinski definition) is 3. The number of amides is 1. The number of nitrogens with zero attached hydrogens (tertiary/aromatic N) is 1. The van der Waals surface area contributed by atoms with Crippen molar-refractivity contribution in [2.24, 2.45) is 0 Å². The number of carbonyl (C=O) groups excluding carboxylic acids is 1. The van der Waals surface area contributed by atoms with E-state index in [-0.39, 0.29) is 5.70 Å². The van der Waals surface area contributed by atoms with Crippen molar-refractivity contribution in [2.75, 3.05) is 0 Å². The minimum Gasteiger partial charge on any atom is -0.477 e. The zero-order chi connectivity index (χ0) is 14.5. The third-order valence-corrected chi connectivity index (χ3v) is 2.48. The molecule has 1 aromatic carbocycles. The van der Waals surface area contributed by atoms with Gasteiger partial charge in [-0.15, -0.1) is 0 Å². The summed E-state index contributed by atoms with van der Waals surface area (Å²) in [5.74, 6) is -1.03. The summed E-state index contributed by atoms with van der Waals surface area (Å²) in [5, 5.41) is 11.2. The molecule has 20 heavy (non-hydrogen) atoms. The molecule has 0 aliphatic rings. The van der Waals surface area contributed by atoms with Crippen molar-refractivity contribution in [2.45, 2.75) is 6.92 Å². The Morgan fingerprint density at radius 2 is 2.00 bits per heavy atom. The van der Waals surface area contributed by atoms with Crippen LogP contribution in [-0.4, -0.2) is 27.0 Å². The van der Waals surface area contributed by atoms with Gasteiger partial charge in [0, 0.05) is 12.5 Å². The standard InChI is InChI=1S/C14H13N3O3/c1-9(18)16-12(14(19)20)7-11-8-15-13(17-11)10-5-3-2-4-6-10/h2-8H,1H3,(H,15,17)(H,16,18)(H,19,20). The second-order valence-corrected chi connectivity index (χ2v) is 4.10. The van der Waals surface area contributed by atoms with Gasteiger partial charge < -0.3 is 15.4 Å². The average Bonchev–Trinajstić information content (AvgIpc) is 2.87. The number of imidazole rings is 1. The van der Waals surface area contributed by atoms with E-state index in [9.17, 15) is 9.59 Å². The van der Waals surface area contributed by atoms with Gasteiger partial charge in [0.05, 0.1) is 11.9 Å². The molecule has 0 saturated carbocycles. The number of benzene rings is 1. The molecule has 0 aliphatic carbocycles. The summed E-state index contributed by atoms with van der Waals surface area (Å²) >= 11 is 0. The first-order chi connectivity index (χ1) is 9.56. The average molecular weight is 271 g/mol. The van der Waals surface area contributed by atoms with Crippen molar-refractivity contribution < 1.29 is 14.7 Å². The summed E-state index contributed by atoms with van der Waals surface area (Å²) in [4.78, 5) is 29.1. The number of H-pyrrole nitrogens is 1. The van der Waals surface area contributed by atoms with Gasteiger partial charge in [0.1, 0.15) is 11.5 Å². The maximum atomic E-state index is 11.0. The van der Waals surface area contributed by atoms with E-state index in [4.69, 9.17) is 5.11 Å². The number of carbonyl (C=O) groups is 2. The second kappa shape index (κ2) is 5.83. The van der Waals surface area contributed by atoms with Crippen molar-refractivity contribution in [3.05, 3.63) is 47.9 Å². The Morgan fingerprint density at radius 1 is 1.30 bits per heavy atom. The van der Waals surface area contributed by atoms with Crippen LogP contribution < -0.4 is 5.32 Å². The largest absolute Gasteiger partial charge is 0.477 e. The molecule has 6 nitrogen and oxygen atoms in total. The van der Waals surface area contributed by atoms with E-state index in [0.29, 0.717) is 11.5 Å². The van der Waals surface area contributed by atoms with Gasteiger partial charge in [0.25, 0.3) is 0 Å². The first-order valence-corrected chi connectivity index (χ1v) is 5.89. The predicted molar refractivity (Wildman–Crippen MR) is 73.5 cm³/mol. The van der Waals surface area contributed by atoms with Crippen LogP contribution in [0.25, 0.3) is 17.5 Å².